The number of methoxy groups -OCH3 is 1. The minimum atomic E-state index is 0.992. The van der Waals surface area contributed by atoms with E-state index in [0.717, 1.165) is 18.8 Å². The van der Waals surface area contributed by atoms with Crippen LogP contribution in [0.4, 0.5) is 5.69 Å². The number of benzene rings is 1. The molecule has 22 heavy (non-hydrogen) atoms. The molecular formula is C19H32N2O. The lowest BCUT2D eigenvalue weighted by atomic mass is 10.1. The fourth-order valence-electron chi connectivity index (χ4n) is 3.22. The standard InChI is InChI=1S/C19H32N2O/c1-3-4-5-6-7-10-13-20-14-16-21(17-15-20)18-11-8-9-12-19(18)22-2/h8-9,11-12H,3-7,10,13-17H2,1-2H3. The number of ether oxygens (including phenoxy) is 1. The fraction of sp³-hybridized carbons (Fsp3) is 0.684. The van der Waals surface area contributed by atoms with Crippen LogP contribution >= 0.6 is 0 Å². The third-order valence-corrected chi connectivity index (χ3v) is 4.63. The normalized spacial score (nSPS) is 16.0. The highest BCUT2D eigenvalue weighted by molar-refractivity contribution is 5.58. The fourth-order valence-corrected chi connectivity index (χ4v) is 3.22. The minimum absolute atomic E-state index is 0.992. The van der Waals surface area contributed by atoms with Crippen LogP contribution < -0.4 is 9.64 Å². The van der Waals surface area contributed by atoms with Crippen molar-refractivity contribution in [3.63, 3.8) is 0 Å². The Kier molecular flexibility index (Phi) is 7.58. The Balaban J connectivity index is 1.67. The van der Waals surface area contributed by atoms with E-state index in [1.54, 1.807) is 7.11 Å². The quantitative estimate of drug-likeness (QED) is 0.637. The molecule has 1 fully saturated rings. The third kappa shape index (κ3) is 5.20. The molecule has 1 heterocycles. The maximum atomic E-state index is 5.48. The van der Waals surface area contributed by atoms with Gasteiger partial charge in [-0.15, -0.1) is 0 Å². The van der Waals surface area contributed by atoms with Crippen LogP contribution in [-0.2, 0) is 0 Å². The SMILES string of the molecule is CCCCCCCCN1CCN(c2ccccc2OC)CC1. The first kappa shape index (κ1) is 17.1. The van der Waals surface area contributed by atoms with Crippen LogP contribution in [-0.4, -0.2) is 44.7 Å². The molecule has 1 saturated heterocycles. The van der Waals surface area contributed by atoms with E-state index in [0.29, 0.717) is 0 Å². The van der Waals surface area contributed by atoms with Gasteiger partial charge in [0.25, 0.3) is 0 Å². The molecule has 0 atom stereocenters. The second-order valence-electron chi connectivity index (χ2n) is 6.27. The zero-order valence-corrected chi connectivity index (χ0v) is 14.4. The van der Waals surface area contributed by atoms with E-state index < -0.39 is 0 Å². The number of para-hydroxylation sites is 2. The molecule has 0 unspecified atom stereocenters. The van der Waals surface area contributed by atoms with E-state index in [1.165, 1.54) is 63.8 Å². The maximum absolute atomic E-state index is 5.48. The molecule has 0 N–H and O–H groups in total. The van der Waals surface area contributed by atoms with E-state index in [4.69, 9.17) is 4.74 Å². The van der Waals surface area contributed by atoms with Gasteiger partial charge in [-0.25, -0.2) is 0 Å². The number of piperazine rings is 1. The summed E-state index contributed by atoms with van der Waals surface area (Å²) >= 11 is 0. The van der Waals surface area contributed by atoms with E-state index >= 15 is 0 Å². The molecule has 0 radical (unpaired) electrons. The molecule has 1 aliphatic rings. The van der Waals surface area contributed by atoms with Crippen molar-refractivity contribution in [2.45, 2.75) is 45.4 Å². The van der Waals surface area contributed by atoms with Crippen molar-refractivity contribution in [3.8, 4) is 5.75 Å². The zero-order chi connectivity index (χ0) is 15.6. The average Bonchev–Trinajstić information content (AvgIpc) is 2.58. The largest absolute Gasteiger partial charge is 0.495 e. The summed E-state index contributed by atoms with van der Waals surface area (Å²) < 4.78 is 5.48. The summed E-state index contributed by atoms with van der Waals surface area (Å²) in [4.78, 5) is 5.07. The highest BCUT2D eigenvalue weighted by Crippen LogP contribution is 2.28. The maximum Gasteiger partial charge on any atom is 0.142 e. The number of rotatable bonds is 9. The summed E-state index contributed by atoms with van der Waals surface area (Å²) in [5, 5.41) is 0. The van der Waals surface area contributed by atoms with Crippen molar-refractivity contribution < 1.29 is 4.74 Å². The molecule has 1 aliphatic heterocycles. The van der Waals surface area contributed by atoms with Gasteiger partial charge in [-0.1, -0.05) is 51.2 Å². The van der Waals surface area contributed by atoms with Crippen molar-refractivity contribution in [2.75, 3.05) is 44.7 Å². The van der Waals surface area contributed by atoms with Crippen molar-refractivity contribution >= 4 is 5.69 Å². The van der Waals surface area contributed by atoms with Gasteiger partial charge in [-0.3, -0.25) is 4.90 Å². The van der Waals surface area contributed by atoms with Gasteiger partial charge in [0, 0.05) is 26.2 Å². The monoisotopic (exact) mass is 304 g/mol. The van der Waals surface area contributed by atoms with Crippen LogP contribution in [0.3, 0.4) is 0 Å². The van der Waals surface area contributed by atoms with E-state index in [1.807, 2.05) is 6.07 Å². The molecule has 2 rings (SSSR count). The van der Waals surface area contributed by atoms with E-state index in [2.05, 4.69) is 34.9 Å². The summed E-state index contributed by atoms with van der Waals surface area (Å²) in [5.74, 6) is 0.992. The van der Waals surface area contributed by atoms with Crippen molar-refractivity contribution in [3.05, 3.63) is 24.3 Å². The lowest BCUT2D eigenvalue weighted by Crippen LogP contribution is -2.46. The van der Waals surface area contributed by atoms with Gasteiger partial charge >= 0.3 is 0 Å². The highest BCUT2D eigenvalue weighted by atomic mass is 16.5. The van der Waals surface area contributed by atoms with Crippen molar-refractivity contribution in [1.29, 1.82) is 0 Å². The molecule has 0 aliphatic carbocycles. The molecule has 1 aromatic rings. The first-order valence-electron chi connectivity index (χ1n) is 8.95. The number of hydrogen-bond acceptors (Lipinski definition) is 3. The Bertz CT molecular complexity index is 414. The molecule has 0 bridgehead atoms. The van der Waals surface area contributed by atoms with Gasteiger partial charge in [-0.05, 0) is 25.1 Å². The van der Waals surface area contributed by atoms with E-state index in [9.17, 15) is 0 Å². The van der Waals surface area contributed by atoms with Gasteiger partial charge in [0.15, 0.2) is 0 Å². The van der Waals surface area contributed by atoms with E-state index in [-0.39, 0.29) is 0 Å². The molecule has 0 aromatic heterocycles. The second-order valence-corrected chi connectivity index (χ2v) is 6.27. The molecule has 0 saturated carbocycles. The molecular weight excluding hydrogens is 272 g/mol. The van der Waals surface area contributed by atoms with Gasteiger partial charge in [0.2, 0.25) is 0 Å². The van der Waals surface area contributed by atoms with Crippen molar-refractivity contribution in [1.82, 2.24) is 4.90 Å². The Morgan fingerprint density at radius 3 is 2.32 bits per heavy atom. The van der Waals surface area contributed by atoms with Gasteiger partial charge in [0.1, 0.15) is 5.75 Å². The van der Waals surface area contributed by atoms with Crippen LogP contribution in [0.5, 0.6) is 5.75 Å². The van der Waals surface area contributed by atoms with Gasteiger partial charge in [0.05, 0.1) is 12.8 Å². The molecule has 0 spiro atoms. The van der Waals surface area contributed by atoms with Gasteiger partial charge in [-0.2, -0.15) is 0 Å². The molecule has 1 aromatic carbocycles. The second kappa shape index (κ2) is 9.73. The predicted octanol–water partition coefficient (Wildman–Crippen LogP) is 4.18. The van der Waals surface area contributed by atoms with Gasteiger partial charge < -0.3 is 9.64 Å². The predicted molar refractivity (Wildman–Crippen MR) is 95.0 cm³/mol. The number of anilines is 1. The first-order chi connectivity index (χ1) is 10.8. The van der Waals surface area contributed by atoms with Crippen LogP contribution in [0.2, 0.25) is 0 Å². The summed E-state index contributed by atoms with van der Waals surface area (Å²) in [6, 6.07) is 8.36. The Labute approximate surface area is 136 Å². The number of nitrogens with zero attached hydrogens (tertiary/aromatic N) is 2. The Hall–Kier alpha value is -1.22. The summed E-state index contributed by atoms with van der Waals surface area (Å²) in [5.41, 5.74) is 1.24. The number of unbranched alkanes of at least 4 members (excludes halogenated alkanes) is 5. The Morgan fingerprint density at radius 1 is 0.909 bits per heavy atom. The molecule has 0 amide bonds. The van der Waals surface area contributed by atoms with Crippen LogP contribution in [0.25, 0.3) is 0 Å². The highest BCUT2D eigenvalue weighted by Gasteiger charge is 2.18. The molecule has 3 heteroatoms. The minimum Gasteiger partial charge on any atom is -0.495 e. The Morgan fingerprint density at radius 2 is 1.59 bits per heavy atom. The topological polar surface area (TPSA) is 15.7 Å². The van der Waals surface area contributed by atoms with Crippen LogP contribution in [0, 0.1) is 0 Å². The molecule has 124 valence electrons. The summed E-state index contributed by atoms with van der Waals surface area (Å²) in [6.45, 7) is 8.11. The smallest absolute Gasteiger partial charge is 0.142 e. The van der Waals surface area contributed by atoms with Crippen LogP contribution in [0.1, 0.15) is 45.4 Å². The lowest BCUT2D eigenvalue weighted by Gasteiger charge is -2.36. The van der Waals surface area contributed by atoms with Crippen molar-refractivity contribution in [2.24, 2.45) is 0 Å². The van der Waals surface area contributed by atoms with Crippen LogP contribution in [0.15, 0.2) is 24.3 Å². The third-order valence-electron chi connectivity index (χ3n) is 4.63. The summed E-state index contributed by atoms with van der Waals surface area (Å²) in [6.07, 6.45) is 8.32. The zero-order valence-electron chi connectivity index (χ0n) is 14.4. The lowest BCUT2D eigenvalue weighted by molar-refractivity contribution is 0.251. The average molecular weight is 304 g/mol. The summed E-state index contributed by atoms with van der Waals surface area (Å²) in [7, 11) is 1.76. The number of hydrogen-bond donors (Lipinski definition) is 0. The molecule has 3 nitrogen and oxygen atoms in total. The first-order valence-corrected chi connectivity index (χ1v) is 8.95.